The minimum absolute atomic E-state index is 0.202. The van der Waals surface area contributed by atoms with E-state index in [0.717, 1.165) is 42.2 Å². The van der Waals surface area contributed by atoms with E-state index in [9.17, 15) is 13.2 Å². The van der Waals surface area contributed by atoms with Crippen LogP contribution in [0.25, 0.3) is 0 Å². The Hall–Kier alpha value is -0.880. The maximum absolute atomic E-state index is 12.5. The summed E-state index contributed by atoms with van der Waals surface area (Å²) in [7, 11) is 0. The van der Waals surface area contributed by atoms with Crippen LogP contribution < -0.4 is 11.1 Å². The molecule has 1 atom stereocenters. The molecule has 6 heteroatoms. The van der Waals surface area contributed by atoms with Gasteiger partial charge in [0.05, 0.1) is 5.56 Å². The van der Waals surface area contributed by atoms with Crippen LogP contribution in [-0.2, 0) is 6.18 Å². The highest BCUT2D eigenvalue weighted by molar-refractivity contribution is 7.99. The molecule has 1 aliphatic rings. The number of thioether (sulfide) groups is 1. The van der Waals surface area contributed by atoms with Gasteiger partial charge in [-0.15, -0.1) is 11.8 Å². The lowest BCUT2D eigenvalue weighted by Crippen LogP contribution is -2.23. The Kier molecular flexibility index (Phi) is 4.07. The molecule has 1 aromatic rings. The van der Waals surface area contributed by atoms with E-state index >= 15 is 0 Å². The smallest absolute Gasteiger partial charge is 0.398 e. The molecule has 0 unspecified atom stereocenters. The van der Waals surface area contributed by atoms with E-state index in [0.29, 0.717) is 6.04 Å². The number of hydrogen-bond acceptors (Lipinski definition) is 3. The topological polar surface area (TPSA) is 38.0 Å². The summed E-state index contributed by atoms with van der Waals surface area (Å²) in [6.07, 6.45) is -2.05. The highest BCUT2D eigenvalue weighted by Crippen LogP contribution is 2.34. The van der Waals surface area contributed by atoms with Gasteiger partial charge in [-0.05, 0) is 37.6 Å². The third kappa shape index (κ3) is 3.32. The minimum Gasteiger partial charge on any atom is -0.398 e. The first-order chi connectivity index (χ1) is 8.47. The van der Waals surface area contributed by atoms with Crippen molar-refractivity contribution >= 4 is 17.4 Å². The van der Waals surface area contributed by atoms with Gasteiger partial charge in [-0.1, -0.05) is 0 Å². The fourth-order valence-electron chi connectivity index (χ4n) is 1.95. The fraction of sp³-hybridized carbons (Fsp3) is 0.500. The standard InChI is InChI=1S/C12H15F3N2S/c13-12(14,15)8-3-4-11(10(16)6-8)18-7-9-2-1-5-17-9/h3-4,6,9,17H,1-2,5,7,16H2/t9-/m0/s1. The fourth-order valence-corrected chi connectivity index (χ4v) is 3.00. The van der Waals surface area contributed by atoms with Crippen LogP contribution in [0, 0.1) is 0 Å². The summed E-state index contributed by atoms with van der Waals surface area (Å²) in [6, 6.07) is 3.99. The predicted molar refractivity (Wildman–Crippen MR) is 67.6 cm³/mol. The van der Waals surface area contributed by atoms with Crippen molar-refractivity contribution in [1.29, 1.82) is 0 Å². The van der Waals surface area contributed by atoms with Crippen molar-refractivity contribution in [3.8, 4) is 0 Å². The zero-order valence-electron chi connectivity index (χ0n) is 9.76. The van der Waals surface area contributed by atoms with E-state index in [1.54, 1.807) is 0 Å². The third-order valence-electron chi connectivity index (χ3n) is 2.94. The first-order valence-electron chi connectivity index (χ1n) is 5.80. The van der Waals surface area contributed by atoms with Crippen LogP contribution in [0.3, 0.4) is 0 Å². The van der Waals surface area contributed by atoms with Gasteiger partial charge in [0.2, 0.25) is 0 Å². The lowest BCUT2D eigenvalue weighted by atomic mass is 10.2. The number of hydrogen-bond donors (Lipinski definition) is 2. The number of nitrogens with one attached hydrogen (secondary N) is 1. The van der Waals surface area contributed by atoms with Gasteiger partial charge in [0.25, 0.3) is 0 Å². The Bertz CT molecular complexity index is 414. The van der Waals surface area contributed by atoms with Crippen LogP contribution in [-0.4, -0.2) is 18.3 Å². The van der Waals surface area contributed by atoms with E-state index in [2.05, 4.69) is 5.32 Å². The molecule has 0 aromatic heterocycles. The Labute approximate surface area is 108 Å². The molecule has 100 valence electrons. The van der Waals surface area contributed by atoms with Crippen molar-refractivity contribution < 1.29 is 13.2 Å². The zero-order chi connectivity index (χ0) is 13.2. The molecule has 1 heterocycles. The van der Waals surface area contributed by atoms with Crippen LogP contribution in [0.2, 0.25) is 0 Å². The molecule has 18 heavy (non-hydrogen) atoms. The molecule has 0 amide bonds. The maximum atomic E-state index is 12.5. The first-order valence-corrected chi connectivity index (χ1v) is 6.78. The number of nitrogen functional groups attached to an aromatic ring is 1. The second-order valence-corrected chi connectivity index (χ2v) is 5.42. The molecule has 1 aliphatic heterocycles. The molecule has 2 rings (SSSR count). The molecule has 1 saturated heterocycles. The molecule has 1 aromatic carbocycles. The summed E-state index contributed by atoms with van der Waals surface area (Å²) in [5.74, 6) is 0.843. The van der Waals surface area contributed by atoms with E-state index in [1.165, 1.54) is 17.8 Å². The average Bonchev–Trinajstić information content (AvgIpc) is 2.79. The summed E-state index contributed by atoms with van der Waals surface area (Å²) in [5, 5.41) is 3.34. The van der Waals surface area contributed by atoms with Gasteiger partial charge in [0.1, 0.15) is 0 Å². The van der Waals surface area contributed by atoms with Crippen LogP contribution in [0.15, 0.2) is 23.1 Å². The van der Waals surface area contributed by atoms with Gasteiger partial charge < -0.3 is 11.1 Å². The van der Waals surface area contributed by atoms with Crippen LogP contribution >= 0.6 is 11.8 Å². The number of alkyl halides is 3. The van der Waals surface area contributed by atoms with E-state index < -0.39 is 11.7 Å². The van der Waals surface area contributed by atoms with E-state index in [4.69, 9.17) is 5.73 Å². The number of nitrogens with two attached hydrogens (primary N) is 1. The molecule has 0 saturated carbocycles. The van der Waals surface area contributed by atoms with E-state index in [1.807, 2.05) is 0 Å². The highest BCUT2D eigenvalue weighted by Gasteiger charge is 2.30. The normalized spacial score (nSPS) is 20.3. The number of anilines is 1. The number of benzene rings is 1. The van der Waals surface area contributed by atoms with Gasteiger partial charge in [0.15, 0.2) is 0 Å². The maximum Gasteiger partial charge on any atom is 0.416 e. The van der Waals surface area contributed by atoms with Gasteiger partial charge in [-0.3, -0.25) is 0 Å². The zero-order valence-corrected chi connectivity index (χ0v) is 10.6. The molecule has 2 nitrogen and oxygen atoms in total. The predicted octanol–water partition coefficient (Wildman–Crippen LogP) is 3.13. The number of rotatable bonds is 3. The van der Waals surface area contributed by atoms with Crippen LogP contribution in [0.1, 0.15) is 18.4 Å². The quantitative estimate of drug-likeness (QED) is 0.658. The van der Waals surface area contributed by atoms with Crippen LogP contribution in [0.4, 0.5) is 18.9 Å². The van der Waals surface area contributed by atoms with Crippen molar-refractivity contribution in [2.75, 3.05) is 18.0 Å². The van der Waals surface area contributed by atoms with E-state index in [-0.39, 0.29) is 5.69 Å². The molecule has 3 N–H and O–H groups in total. The summed E-state index contributed by atoms with van der Waals surface area (Å²) in [6.45, 7) is 1.02. The van der Waals surface area contributed by atoms with Crippen LogP contribution in [0.5, 0.6) is 0 Å². The SMILES string of the molecule is Nc1cc(C(F)(F)F)ccc1SC[C@@H]1CCCN1. The summed E-state index contributed by atoms with van der Waals surface area (Å²) in [5.41, 5.74) is 5.17. The van der Waals surface area contributed by atoms with Crippen molar-refractivity contribution in [1.82, 2.24) is 5.32 Å². The lowest BCUT2D eigenvalue weighted by molar-refractivity contribution is -0.137. The van der Waals surface area contributed by atoms with Gasteiger partial charge >= 0.3 is 6.18 Å². The lowest BCUT2D eigenvalue weighted by Gasteiger charge is -2.13. The second kappa shape index (κ2) is 5.40. The average molecular weight is 276 g/mol. The summed E-state index contributed by atoms with van der Waals surface area (Å²) < 4.78 is 37.4. The van der Waals surface area contributed by atoms with Gasteiger partial charge in [-0.25, -0.2) is 0 Å². The Balaban J connectivity index is 2.01. The molecule has 0 aliphatic carbocycles. The highest BCUT2D eigenvalue weighted by atomic mass is 32.2. The third-order valence-corrected chi connectivity index (χ3v) is 4.19. The van der Waals surface area contributed by atoms with Crippen molar-refractivity contribution in [3.05, 3.63) is 23.8 Å². The number of halogens is 3. The largest absolute Gasteiger partial charge is 0.416 e. The Morgan fingerprint density at radius 2 is 2.17 bits per heavy atom. The summed E-state index contributed by atoms with van der Waals surface area (Å²) >= 11 is 1.51. The van der Waals surface area contributed by atoms with Crippen molar-refractivity contribution in [2.24, 2.45) is 0 Å². The van der Waals surface area contributed by atoms with Crippen molar-refractivity contribution in [2.45, 2.75) is 30.0 Å². The molecule has 0 radical (unpaired) electrons. The summed E-state index contributed by atoms with van der Waals surface area (Å²) in [4.78, 5) is 0.719. The molecule has 1 fully saturated rings. The molecular weight excluding hydrogens is 261 g/mol. The monoisotopic (exact) mass is 276 g/mol. The second-order valence-electron chi connectivity index (χ2n) is 4.35. The molecule has 0 spiro atoms. The molecule has 0 bridgehead atoms. The first kappa shape index (κ1) is 13.5. The Morgan fingerprint density at radius 3 is 2.72 bits per heavy atom. The Morgan fingerprint density at radius 1 is 1.39 bits per heavy atom. The minimum atomic E-state index is -4.33. The van der Waals surface area contributed by atoms with Crippen molar-refractivity contribution in [3.63, 3.8) is 0 Å². The molecular formula is C12H15F3N2S. The van der Waals surface area contributed by atoms with Gasteiger partial charge in [-0.2, -0.15) is 13.2 Å². The van der Waals surface area contributed by atoms with Gasteiger partial charge in [0, 0.05) is 22.4 Å².